The predicted molar refractivity (Wildman–Crippen MR) is 84.6 cm³/mol. The van der Waals surface area contributed by atoms with Crippen LogP contribution in [0.3, 0.4) is 0 Å². The Morgan fingerprint density at radius 3 is 2.95 bits per heavy atom. The van der Waals surface area contributed by atoms with E-state index >= 15 is 0 Å². The number of hydrogen-bond acceptors (Lipinski definition) is 5. The van der Waals surface area contributed by atoms with Gasteiger partial charge in [0, 0.05) is 37.9 Å². The van der Waals surface area contributed by atoms with E-state index in [-0.39, 0.29) is 11.3 Å². The third kappa shape index (κ3) is 2.24. The van der Waals surface area contributed by atoms with Crippen LogP contribution in [-0.4, -0.2) is 45.2 Å². The minimum atomic E-state index is -0.201. The van der Waals surface area contributed by atoms with Gasteiger partial charge in [0.25, 0.3) is 0 Å². The molecule has 0 aliphatic carbocycles. The summed E-state index contributed by atoms with van der Waals surface area (Å²) in [4.78, 5) is 21.6. The van der Waals surface area contributed by atoms with Gasteiger partial charge in [-0.15, -0.1) is 11.3 Å². The minimum absolute atomic E-state index is 0.201. The lowest BCUT2D eigenvalue weighted by Crippen LogP contribution is -2.36. The lowest BCUT2D eigenvalue weighted by molar-refractivity contribution is -0.125. The Bertz CT molecular complexity index is 682. The zero-order valence-corrected chi connectivity index (χ0v) is 13.4. The largest absolute Gasteiger partial charge is 0.309 e. The van der Waals surface area contributed by atoms with Gasteiger partial charge in [0.15, 0.2) is 0 Å². The summed E-state index contributed by atoms with van der Waals surface area (Å²) in [7, 11) is 1.88. The van der Waals surface area contributed by atoms with Gasteiger partial charge in [-0.05, 0) is 19.4 Å². The highest BCUT2D eigenvalue weighted by molar-refractivity contribution is 7.09. The van der Waals surface area contributed by atoms with Crippen LogP contribution in [-0.2, 0) is 18.4 Å². The van der Waals surface area contributed by atoms with Crippen LogP contribution in [0.1, 0.15) is 17.8 Å². The van der Waals surface area contributed by atoms with Gasteiger partial charge in [0.05, 0.1) is 23.8 Å². The molecule has 0 unspecified atom stereocenters. The lowest BCUT2D eigenvalue weighted by Gasteiger charge is -2.22. The fraction of sp³-hybridized carbons (Fsp3) is 0.533. The molecular formula is C15H19N5OS. The Morgan fingerprint density at radius 2 is 2.23 bits per heavy atom. The number of aryl methyl sites for hydroxylation is 1. The fourth-order valence-electron chi connectivity index (χ4n) is 3.61. The van der Waals surface area contributed by atoms with E-state index in [0.29, 0.717) is 0 Å². The van der Waals surface area contributed by atoms with Crippen LogP contribution in [0.5, 0.6) is 0 Å². The predicted octanol–water partition coefficient (Wildman–Crippen LogP) is 1.51. The first-order valence-corrected chi connectivity index (χ1v) is 8.46. The lowest BCUT2D eigenvalue weighted by atomic mass is 9.85. The summed E-state index contributed by atoms with van der Waals surface area (Å²) in [6, 6.07) is 0. The van der Waals surface area contributed by atoms with Gasteiger partial charge in [0.2, 0.25) is 5.91 Å². The maximum atomic E-state index is 12.9. The average Bonchev–Trinajstić information content (AvgIpc) is 3.25. The molecule has 1 atom stereocenters. The van der Waals surface area contributed by atoms with Crippen LogP contribution in [0, 0.1) is 5.41 Å². The monoisotopic (exact) mass is 317 g/mol. The third-order valence-corrected chi connectivity index (χ3v) is 5.56. The Kier molecular flexibility index (Phi) is 3.27. The van der Waals surface area contributed by atoms with Gasteiger partial charge < -0.3 is 4.90 Å². The van der Waals surface area contributed by atoms with E-state index in [1.165, 1.54) is 0 Å². The summed E-state index contributed by atoms with van der Waals surface area (Å²) in [6.07, 6.45) is 7.43. The van der Waals surface area contributed by atoms with Gasteiger partial charge >= 0.3 is 0 Å². The van der Waals surface area contributed by atoms with E-state index in [9.17, 15) is 4.79 Å². The molecule has 116 valence electrons. The molecule has 2 aromatic heterocycles. The van der Waals surface area contributed by atoms with Crippen LogP contribution < -0.4 is 4.90 Å². The molecule has 0 N–H and O–H groups in total. The van der Waals surface area contributed by atoms with Crippen LogP contribution in [0.15, 0.2) is 24.0 Å². The zero-order valence-electron chi connectivity index (χ0n) is 12.6. The maximum Gasteiger partial charge on any atom is 0.234 e. The molecule has 0 radical (unpaired) electrons. The fourth-order valence-corrected chi connectivity index (χ4v) is 4.27. The Morgan fingerprint density at radius 1 is 1.36 bits per heavy atom. The molecule has 2 fully saturated rings. The number of carbonyl (C=O) groups is 1. The molecule has 7 heteroatoms. The summed E-state index contributed by atoms with van der Waals surface area (Å²) < 4.78 is 1.75. The van der Waals surface area contributed by atoms with E-state index in [4.69, 9.17) is 0 Å². The highest BCUT2D eigenvalue weighted by atomic mass is 32.1. The van der Waals surface area contributed by atoms with Crippen molar-refractivity contribution in [1.29, 1.82) is 0 Å². The van der Waals surface area contributed by atoms with Crippen molar-refractivity contribution in [2.24, 2.45) is 12.5 Å². The van der Waals surface area contributed by atoms with E-state index in [0.717, 1.165) is 49.7 Å². The standard InChI is InChI=1S/C15H19N5OS/c1-18-9-12(8-17-18)20-6-3-15(14(20)21)2-5-19(11-15)10-13-16-4-7-22-13/h4,7-9H,2-3,5-6,10-11H2,1H3/t15-/m1/s1. The molecule has 22 heavy (non-hydrogen) atoms. The van der Waals surface area contributed by atoms with Crippen LogP contribution >= 0.6 is 11.3 Å². The number of rotatable bonds is 3. The first-order valence-electron chi connectivity index (χ1n) is 7.58. The van der Waals surface area contributed by atoms with Crippen molar-refractivity contribution in [2.75, 3.05) is 24.5 Å². The van der Waals surface area contributed by atoms with E-state index < -0.39 is 0 Å². The normalized spacial score (nSPS) is 25.7. The Labute approximate surface area is 133 Å². The average molecular weight is 317 g/mol. The summed E-state index contributed by atoms with van der Waals surface area (Å²) >= 11 is 1.68. The molecule has 2 aliphatic heterocycles. The van der Waals surface area contributed by atoms with Crippen LogP contribution in [0.2, 0.25) is 0 Å². The summed E-state index contributed by atoms with van der Waals surface area (Å²) in [5, 5.41) is 7.32. The number of hydrogen-bond donors (Lipinski definition) is 0. The molecule has 0 aromatic carbocycles. The van der Waals surface area contributed by atoms with Gasteiger partial charge in [-0.2, -0.15) is 5.10 Å². The molecule has 1 amide bonds. The zero-order chi connectivity index (χ0) is 15.2. The minimum Gasteiger partial charge on any atom is -0.309 e. The van der Waals surface area contributed by atoms with Crippen LogP contribution in [0.4, 0.5) is 5.69 Å². The first-order chi connectivity index (χ1) is 10.7. The second-order valence-corrected chi connectivity index (χ2v) is 7.22. The quantitative estimate of drug-likeness (QED) is 0.861. The molecule has 6 nitrogen and oxygen atoms in total. The number of carbonyl (C=O) groups excluding carboxylic acids is 1. The molecule has 4 heterocycles. The van der Waals surface area contributed by atoms with E-state index in [1.54, 1.807) is 22.2 Å². The van der Waals surface area contributed by atoms with Gasteiger partial charge in [0.1, 0.15) is 5.01 Å². The topological polar surface area (TPSA) is 54.3 Å². The smallest absolute Gasteiger partial charge is 0.234 e. The number of thiazole rings is 1. The number of amides is 1. The van der Waals surface area contributed by atoms with Gasteiger partial charge in [-0.3, -0.25) is 14.4 Å². The SMILES string of the molecule is Cn1cc(N2CC[C@@]3(CCN(Cc4nccs4)C3)C2=O)cn1. The molecule has 2 aromatic rings. The van der Waals surface area contributed by atoms with Crippen molar-refractivity contribution in [2.45, 2.75) is 19.4 Å². The van der Waals surface area contributed by atoms with E-state index in [1.807, 2.05) is 29.7 Å². The van der Waals surface area contributed by atoms with Crippen molar-refractivity contribution in [3.8, 4) is 0 Å². The molecule has 0 saturated carbocycles. The Balaban J connectivity index is 1.48. The second-order valence-electron chi connectivity index (χ2n) is 6.25. The summed E-state index contributed by atoms with van der Waals surface area (Å²) in [6.45, 7) is 3.49. The Hall–Kier alpha value is -1.73. The van der Waals surface area contributed by atoms with Crippen molar-refractivity contribution in [3.05, 3.63) is 29.0 Å². The molecule has 2 aliphatic rings. The molecular weight excluding hydrogens is 298 g/mol. The highest BCUT2D eigenvalue weighted by Crippen LogP contribution is 2.42. The van der Waals surface area contributed by atoms with Crippen molar-refractivity contribution >= 4 is 22.9 Å². The highest BCUT2D eigenvalue weighted by Gasteiger charge is 2.51. The molecule has 4 rings (SSSR count). The van der Waals surface area contributed by atoms with Gasteiger partial charge in [-0.25, -0.2) is 4.98 Å². The maximum absolute atomic E-state index is 12.9. The molecule has 2 saturated heterocycles. The van der Waals surface area contributed by atoms with E-state index in [2.05, 4.69) is 15.0 Å². The van der Waals surface area contributed by atoms with Gasteiger partial charge in [-0.1, -0.05) is 0 Å². The van der Waals surface area contributed by atoms with Crippen molar-refractivity contribution < 1.29 is 4.79 Å². The summed E-state index contributed by atoms with van der Waals surface area (Å²) in [5.74, 6) is 0.266. The number of nitrogens with zero attached hydrogens (tertiary/aromatic N) is 5. The number of aromatic nitrogens is 3. The first kappa shape index (κ1) is 13.9. The molecule has 0 bridgehead atoms. The number of anilines is 1. The van der Waals surface area contributed by atoms with Crippen molar-refractivity contribution in [1.82, 2.24) is 19.7 Å². The van der Waals surface area contributed by atoms with Crippen molar-refractivity contribution in [3.63, 3.8) is 0 Å². The number of likely N-dealkylation sites (tertiary alicyclic amines) is 1. The van der Waals surface area contributed by atoms with Crippen LogP contribution in [0.25, 0.3) is 0 Å². The summed E-state index contributed by atoms with van der Waals surface area (Å²) in [5.41, 5.74) is 0.718. The second kappa shape index (κ2) is 5.17. The third-order valence-electron chi connectivity index (χ3n) is 4.79. The molecule has 1 spiro atoms.